The summed E-state index contributed by atoms with van der Waals surface area (Å²) in [7, 11) is 0. The molecular formula is C10H8BrFO4. The maximum atomic E-state index is 13.3. The first kappa shape index (κ1) is 12.6. The van der Waals surface area contributed by atoms with Crippen LogP contribution in [0.4, 0.5) is 4.39 Å². The molecule has 1 aromatic rings. The Kier molecular flexibility index (Phi) is 4.00. The molecule has 0 fully saturated rings. The zero-order chi connectivity index (χ0) is 12.3. The number of aliphatic carboxylic acids is 1. The summed E-state index contributed by atoms with van der Waals surface area (Å²) in [5.74, 6) is -3.33. The fraction of sp³-hybridized carbons (Fsp3) is 0.200. The van der Waals surface area contributed by atoms with E-state index in [4.69, 9.17) is 10.2 Å². The van der Waals surface area contributed by atoms with Gasteiger partial charge in [-0.1, -0.05) is 15.9 Å². The molecule has 0 atom stereocenters. The van der Waals surface area contributed by atoms with Crippen molar-refractivity contribution in [2.75, 3.05) is 0 Å². The summed E-state index contributed by atoms with van der Waals surface area (Å²) >= 11 is 3.02. The largest absolute Gasteiger partial charge is 0.481 e. The lowest BCUT2D eigenvalue weighted by Crippen LogP contribution is -2.08. The van der Waals surface area contributed by atoms with Gasteiger partial charge in [0.25, 0.3) is 0 Å². The highest BCUT2D eigenvalue weighted by Gasteiger charge is 2.17. The van der Waals surface area contributed by atoms with Crippen LogP contribution in [0.15, 0.2) is 16.6 Å². The quantitative estimate of drug-likeness (QED) is 0.892. The van der Waals surface area contributed by atoms with Crippen molar-refractivity contribution in [3.63, 3.8) is 0 Å². The van der Waals surface area contributed by atoms with Crippen LogP contribution in [0.5, 0.6) is 0 Å². The van der Waals surface area contributed by atoms with Crippen molar-refractivity contribution in [1.29, 1.82) is 0 Å². The van der Waals surface area contributed by atoms with E-state index in [1.54, 1.807) is 0 Å². The monoisotopic (exact) mass is 290 g/mol. The predicted octanol–water partition coefficient (Wildman–Crippen LogP) is 2.30. The highest BCUT2D eigenvalue weighted by molar-refractivity contribution is 9.10. The molecule has 2 N–H and O–H groups in total. The Morgan fingerprint density at radius 1 is 1.31 bits per heavy atom. The minimum Gasteiger partial charge on any atom is -0.481 e. The average molecular weight is 291 g/mol. The molecule has 0 amide bonds. The first-order valence-electron chi connectivity index (χ1n) is 4.35. The normalized spacial score (nSPS) is 10.1. The van der Waals surface area contributed by atoms with Crippen molar-refractivity contribution < 1.29 is 24.2 Å². The summed E-state index contributed by atoms with van der Waals surface area (Å²) in [4.78, 5) is 21.2. The van der Waals surface area contributed by atoms with Gasteiger partial charge >= 0.3 is 11.9 Å². The number of aryl methyl sites for hydroxylation is 1. The number of carboxylic acid groups (broad SMARTS) is 2. The highest BCUT2D eigenvalue weighted by Crippen LogP contribution is 2.22. The van der Waals surface area contributed by atoms with Crippen LogP contribution >= 0.6 is 15.9 Å². The van der Waals surface area contributed by atoms with E-state index in [2.05, 4.69) is 15.9 Å². The van der Waals surface area contributed by atoms with Gasteiger partial charge in [-0.2, -0.15) is 0 Å². The maximum absolute atomic E-state index is 13.3. The van der Waals surface area contributed by atoms with Gasteiger partial charge in [-0.3, -0.25) is 4.79 Å². The fourth-order valence-electron chi connectivity index (χ4n) is 1.31. The van der Waals surface area contributed by atoms with Crippen LogP contribution in [0, 0.1) is 5.82 Å². The zero-order valence-corrected chi connectivity index (χ0v) is 9.62. The zero-order valence-electron chi connectivity index (χ0n) is 8.04. The summed E-state index contributed by atoms with van der Waals surface area (Å²) in [6.45, 7) is 0. The van der Waals surface area contributed by atoms with Gasteiger partial charge in [-0.05, 0) is 24.1 Å². The number of benzene rings is 1. The number of halogens is 2. The molecule has 16 heavy (non-hydrogen) atoms. The SMILES string of the molecule is O=C(O)CCc1cc(Br)cc(F)c1C(=O)O. The third kappa shape index (κ3) is 3.03. The Labute approximate surface area is 98.8 Å². The van der Waals surface area contributed by atoms with Crippen LogP contribution in [0.2, 0.25) is 0 Å². The van der Waals surface area contributed by atoms with E-state index < -0.39 is 23.3 Å². The lowest BCUT2D eigenvalue weighted by atomic mass is 10.0. The minimum absolute atomic E-state index is 0.0205. The highest BCUT2D eigenvalue weighted by atomic mass is 79.9. The Balaban J connectivity index is 3.13. The van der Waals surface area contributed by atoms with Gasteiger partial charge < -0.3 is 10.2 Å². The van der Waals surface area contributed by atoms with E-state index in [0.717, 1.165) is 6.07 Å². The van der Waals surface area contributed by atoms with Crippen molar-refractivity contribution in [3.8, 4) is 0 Å². The van der Waals surface area contributed by atoms with Crippen LogP contribution < -0.4 is 0 Å². The second-order valence-corrected chi connectivity index (χ2v) is 4.04. The van der Waals surface area contributed by atoms with Crippen molar-refractivity contribution in [3.05, 3.63) is 33.5 Å². The predicted molar refractivity (Wildman–Crippen MR) is 57.0 cm³/mol. The summed E-state index contributed by atoms with van der Waals surface area (Å²) in [5.41, 5.74) is -0.300. The van der Waals surface area contributed by atoms with Crippen molar-refractivity contribution in [2.24, 2.45) is 0 Å². The van der Waals surface area contributed by atoms with Gasteiger partial charge in [0.2, 0.25) is 0 Å². The summed E-state index contributed by atoms with van der Waals surface area (Å²) in [6.07, 6.45) is -0.260. The topological polar surface area (TPSA) is 74.6 Å². The van der Waals surface area contributed by atoms with E-state index in [0.29, 0.717) is 4.47 Å². The van der Waals surface area contributed by atoms with Crippen LogP contribution in [-0.4, -0.2) is 22.2 Å². The number of carbonyl (C=O) groups is 2. The standard InChI is InChI=1S/C10H8BrFO4/c11-6-3-5(1-2-8(13)14)9(10(15)16)7(12)4-6/h3-4H,1-2H2,(H,13,14)(H,15,16). The molecule has 0 spiro atoms. The summed E-state index contributed by atoms with van der Waals surface area (Å²) in [5, 5.41) is 17.3. The van der Waals surface area contributed by atoms with Crippen LogP contribution in [0.25, 0.3) is 0 Å². The minimum atomic E-state index is -1.40. The smallest absolute Gasteiger partial charge is 0.338 e. The number of hydrogen-bond acceptors (Lipinski definition) is 2. The molecule has 4 nitrogen and oxygen atoms in total. The first-order valence-corrected chi connectivity index (χ1v) is 5.14. The van der Waals surface area contributed by atoms with Gasteiger partial charge in [0, 0.05) is 10.9 Å². The van der Waals surface area contributed by atoms with Gasteiger partial charge in [-0.15, -0.1) is 0 Å². The third-order valence-corrected chi connectivity index (χ3v) is 2.42. The fourth-order valence-corrected chi connectivity index (χ4v) is 1.78. The molecule has 0 aromatic heterocycles. The molecule has 6 heteroatoms. The molecule has 0 heterocycles. The van der Waals surface area contributed by atoms with Gasteiger partial charge in [0.15, 0.2) is 0 Å². The lowest BCUT2D eigenvalue weighted by molar-refractivity contribution is -0.136. The molecule has 0 unspecified atom stereocenters. The summed E-state index contributed by atoms with van der Waals surface area (Å²) < 4.78 is 13.7. The Morgan fingerprint density at radius 3 is 2.44 bits per heavy atom. The number of aromatic carboxylic acids is 1. The Bertz CT molecular complexity index is 445. The van der Waals surface area contributed by atoms with Gasteiger partial charge in [0.05, 0.1) is 5.56 Å². The molecular weight excluding hydrogens is 283 g/mol. The molecule has 1 rings (SSSR count). The van der Waals surface area contributed by atoms with E-state index >= 15 is 0 Å². The number of carboxylic acids is 2. The third-order valence-electron chi connectivity index (χ3n) is 1.96. The van der Waals surface area contributed by atoms with E-state index in [9.17, 15) is 14.0 Å². The van der Waals surface area contributed by atoms with E-state index in [1.807, 2.05) is 0 Å². The van der Waals surface area contributed by atoms with E-state index in [1.165, 1.54) is 6.07 Å². The lowest BCUT2D eigenvalue weighted by Gasteiger charge is -2.06. The van der Waals surface area contributed by atoms with Crippen LogP contribution in [0.3, 0.4) is 0 Å². The van der Waals surface area contributed by atoms with Crippen molar-refractivity contribution >= 4 is 27.9 Å². The molecule has 0 aliphatic carbocycles. The van der Waals surface area contributed by atoms with Gasteiger partial charge in [0.1, 0.15) is 5.82 Å². The molecule has 0 radical (unpaired) electrons. The van der Waals surface area contributed by atoms with Gasteiger partial charge in [-0.25, -0.2) is 9.18 Å². The molecule has 86 valence electrons. The molecule has 0 saturated heterocycles. The molecule has 1 aromatic carbocycles. The maximum Gasteiger partial charge on any atom is 0.338 e. The van der Waals surface area contributed by atoms with Crippen molar-refractivity contribution in [1.82, 2.24) is 0 Å². The summed E-state index contributed by atoms with van der Waals surface area (Å²) in [6, 6.07) is 2.45. The Morgan fingerprint density at radius 2 is 1.94 bits per heavy atom. The Hall–Kier alpha value is -1.43. The van der Waals surface area contributed by atoms with Crippen molar-refractivity contribution in [2.45, 2.75) is 12.8 Å². The van der Waals surface area contributed by atoms with Crippen LogP contribution in [-0.2, 0) is 11.2 Å². The number of hydrogen-bond donors (Lipinski definition) is 2. The average Bonchev–Trinajstić information content (AvgIpc) is 2.12. The second kappa shape index (κ2) is 5.07. The van der Waals surface area contributed by atoms with Crippen LogP contribution in [0.1, 0.15) is 22.3 Å². The first-order chi connectivity index (χ1) is 7.41. The number of rotatable bonds is 4. The molecule has 0 bridgehead atoms. The van der Waals surface area contributed by atoms with E-state index in [-0.39, 0.29) is 18.4 Å². The molecule has 0 saturated carbocycles. The second-order valence-electron chi connectivity index (χ2n) is 3.12. The molecule has 0 aliphatic heterocycles. The molecule has 0 aliphatic rings.